The van der Waals surface area contributed by atoms with Crippen LogP contribution in [0.15, 0.2) is 30.3 Å². The van der Waals surface area contributed by atoms with Gasteiger partial charge in [0.25, 0.3) is 0 Å². The minimum atomic E-state index is 0.149. The lowest BCUT2D eigenvalue weighted by atomic mass is 9.86. The van der Waals surface area contributed by atoms with E-state index in [2.05, 4.69) is 56.1 Å². The van der Waals surface area contributed by atoms with Gasteiger partial charge in [-0.25, -0.2) is 0 Å². The fraction of sp³-hybridized carbons (Fsp3) is 0.500. The molecule has 0 aliphatic rings. The first-order valence-corrected chi connectivity index (χ1v) is 7.15. The Bertz CT molecular complexity index is 270. The number of alkyl halides is 2. The summed E-state index contributed by atoms with van der Waals surface area (Å²) in [6.07, 6.45) is 1.03. The Kier molecular flexibility index (Phi) is 5.87. The van der Waals surface area contributed by atoms with Crippen molar-refractivity contribution >= 4 is 31.9 Å². The Labute approximate surface area is 108 Å². The van der Waals surface area contributed by atoms with Gasteiger partial charge in [0.15, 0.2) is 0 Å². The zero-order valence-electron chi connectivity index (χ0n) is 8.88. The average Bonchev–Trinajstić information content (AvgIpc) is 2.30. The SMILES string of the molecule is COCC(CBr)(CBr)Cc1ccccc1. The van der Waals surface area contributed by atoms with E-state index in [9.17, 15) is 0 Å². The van der Waals surface area contributed by atoms with Gasteiger partial charge in [-0.3, -0.25) is 0 Å². The van der Waals surface area contributed by atoms with Crippen LogP contribution in [0, 0.1) is 5.41 Å². The molecule has 0 unspecified atom stereocenters. The van der Waals surface area contributed by atoms with E-state index in [1.54, 1.807) is 7.11 Å². The summed E-state index contributed by atoms with van der Waals surface area (Å²) in [5, 5.41) is 1.88. The Hall–Kier alpha value is 0.140. The van der Waals surface area contributed by atoms with E-state index >= 15 is 0 Å². The van der Waals surface area contributed by atoms with Gasteiger partial charge in [0.1, 0.15) is 0 Å². The summed E-state index contributed by atoms with van der Waals surface area (Å²) in [4.78, 5) is 0. The highest BCUT2D eigenvalue weighted by molar-refractivity contribution is 9.09. The van der Waals surface area contributed by atoms with Crippen molar-refractivity contribution in [3.63, 3.8) is 0 Å². The highest BCUT2D eigenvalue weighted by atomic mass is 79.9. The number of hydrogen-bond acceptors (Lipinski definition) is 1. The number of ether oxygens (including phenoxy) is 1. The molecule has 1 aromatic carbocycles. The summed E-state index contributed by atoms with van der Waals surface area (Å²) in [6.45, 7) is 0.762. The van der Waals surface area contributed by atoms with E-state index in [-0.39, 0.29) is 5.41 Å². The minimum Gasteiger partial charge on any atom is -0.384 e. The third-order valence-corrected chi connectivity index (χ3v) is 4.82. The maximum Gasteiger partial charge on any atom is 0.0537 e. The van der Waals surface area contributed by atoms with Crippen LogP contribution in [-0.2, 0) is 11.2 Å². The van der Waals surface area contributed by atoms with E-state index < -0.39 is 0 Å². The lowest BCUT2D eigenvalue weighted by molar-refractivity contribution is 0.112. The molecule has 0 amide bonds. The number of hydrogen-bond donors (Lipinski definition) is 0. The third-order valence-electron chi connectivity index (χ3n) is 2.44. The first kappa shape index (κ1) is 13.2. The summed E-state index contributed by atoms with van der Waals surface area (Å²) < 4.78 is 5.30. The van der Waals surface area contributed by atoms with Gasteiger partial charge in [0, 0.05) is 23.2 Å². The summed E-state index contributed by atoms with van der Waals surface area (Å²) in [5.41, 5.74) is 1.50. The Balaban J connectivity index is 2.74. The predicted octanol–water partition coefficient (Wildman–Crippen LogP) is 3.65. The van der Waals surface area contributed by atoms with Gasteiger partial charge in [-0.1, -0.05) is 62.2 Å². The molecule has 15 heavy (non-hydrogen) atoms. The second kappa shape index (κ2) is 6.66. The molecule has 0 bridgehead atoms. The maximum absolute atomic E-state index is 5.30. The van der Waals surface area contributed by atoms with Gasteiger partial charge in [-0.2, -0.15) is 0 Å². The van der Waals surface area contributed by atoms with Crippen molar-refractivity contribution < 1.29 is 4.74 Å². The van der Waals surface area contributed by atoms with Gasteiger partial charge in [0.2, 0.25) is 0 Å². The zero-order valence-corrected chi connectivity index (χ0v) is 12.1. The van der Waals surface area contributed by atoms with Crippen LogP contribution >= 0.6 is 31.9 Å². The van der Waals surface area contributed by atoms with Crippen molar-refractivity contribution in [1.82, 2.24) is 0 Å². The van der Waals surface area contributed by atoms with Crippen molar-refractivity contribution in [3.05, 3.63) is 35.9 Å². The maximum atomic E-state index is 5.30. The van der Waals surface area contributed by atoms with Crippen LogP contribution < -0.4 is 0 Å². The van der Waals surface area contributed by atoms with Gasteiger partial charge in [0.05, 0.1) is 6.61 Å². The topological polar surface area (TPSA) is 9.23 Å². The van der Waals surface area contributed by atoms with Crippen molar-refractivity contribution in [1.29, 1.82) is 0 Å². The Morgan fingerprint density at radius 2 is 1.73 bits per heavy atom. The fourth-order valence-electron chi connectivity index (χ4n) is 1.59. The summed E-state index contributed by atoms with van der Waals surface area (Å²) in [5.74, 6) is 0. The van der Waals surface area contributed by atoms with E-state index in [4.69, 9.17) is 4.74 Å². The van der Waals surface area contributed by atoms with Crippen LogP contribution in [0.1, 0.15) is 5.56 Å². The van der Waals surface area contributed by atoms with Gasteiger partial charge in [-0.05, 0) is 12.0 Å². The largest absolute Gasteiger partial charge is 0.384 e. The summed E-state index contributed by atoms with van der Waals surface area (Å²) in [6, 6.07) is 10.5. The molecule has 0 aromatic heterocycles. The van der Waals surface area contributed by atoms with Crippen molar-refractivity contribution in [2.45, 2.75) is 6.42 Å². The standard InChI is InChI=1S/C12H16Br2O/c1-15-10-12(8-13,9-14)7-11-5-3-2-4-6-11/h2-6H,7-10H2,1H3. The fourth-order valence-corrected chi connectivity index (χ4v) is 3.24. The van der Waals surface area contributed by atoms with Crippen LogP contribution in [-0.4, -0.2) is 24.4 Å². The minimum absolute atomic E-state index is 0.149. The molecule has 0 radical (unpaired) electrons. The van der Waals surface area contributed by atoms with E-state index in [0.29, 0.717) is 0 Å². The molecule has 1 nitrogen and oxygen atoms in total. The number of benzene rings is 1. The highest BCUT2D eigenvalue weighted by Crippen LogP contribution is 2.28. The number of rotatable bonds is 6. The molecule has 0 N–H and O–H groups in total. The smallest absolute Gasteiger partial charge is 0.0537 e. The van der Waals surface area contributed by atoms with E-state index in [1.165, 1.54) is 5.56 Å². The van der Waals surface area contributed by atoms with Crippen molar-refractivity contribution in [2.75, 3.05) is 24.4 Å². The van der Waals surface area contributed by atoms with Crippen molar-refractivity contribution in [2.24, 2.45) is 5.41 Å². The molecule has 0 aliphatic heterocycles. The third kappa shape index (κ3) is 3.89. The molecule has 0 saturated heterocycles. The second-order valence-corrected chi connectivity index (χ2v) is 4.98. The summed E-state index contributed by atoms with van der Waals surface area (Å²) >= 11 is 7.16. The Morgan fingerprint density at radius 3 is 2.20 bits per heavy atom. The van der Waals surface area contributed by atoms with Gasteiger partial charge < -0.3 is 4.74 Å². The average molecular weight is 336 g/mol. The van der Waals surface area contributed by atoms with Crippen LogP contribution in [0.3, 0.4) is 0 Å². The second-order valence-electron chi connectivity index (χ2n) is 3.86. The number of methoxy groups -OCH3 is 1. The van der Waals surface area contributed by atoms with Crippen LogP contribution in [0.5, 0.6) is 0 Å². The van der Waals surface area contributed by atoms with Crippen LogP contribution in [0.4, 0.5) is 0 Å². The van der Waals surface area contributed by atoms with E-state index in [1.807, 2.05) is 6.07 Å². The molecule has 1 aromatic rings. The van der Waals surface area contributed by atoms with Crippen LogP contribution in [0.25, 0.3) is 0 Å². The van der Waals surface area contributed by atoms with E-state index in [0.717, 1.165) is 23.7 Å². The normalized spacial score (nSPS) is 11.7. The Morgan fingerprint density at radius 1 is 1.13 bits per heavy atom. The molecule has 3 heteroatoms. The van der Waals surface area contributed by atoms with Crippen LogP contribution in [0.2, 0.25) is 0 Å². The van der Waals surface area contributed by atoms with Gasteiger partial charge >= 0.3 is 0 Å². The molecule has 84 valence electrons. The highest BCUT2D eigenvalue weighted by Gasteiger charge is 2.28. The molecule has 0 spiro atoms. The number of halogens is 2. The summed E-state index contributed by atoms with van der Waals surface area (Å²) in [7, 11) is 1.76. The molecule has 0 fully saturated rings. The van der Waals surface area contributed by atoms with Gasteiger partial charge in [-0.15, -0.1) is 0 Å². The lowest BCUT2D eigenvalue weighted by Crippen LogP contribution is -2.32. The lowest BCUT2D eigenvalue weighted by Gasteiger charge is -2.29. The molecule has 0 atom stereocenters. The predicted molar refractivity (Wildman–Crippen MR) is 72.0 cm³/mol. The first-order chi connectivity index (χ1) is 7.26. The monoisotopic (exact) mass is 334 g/mol. The molecule has 0 heterocycles. The molecule has 0 aliphatic carbocycles. The first-order valence-electron chi connectivity index (χ1n) is 4.91. The van der Waals surface area contributed by atoms with Crippen molar-refractivity contribution in [3.8, 4) is 0 Å². The molecular weight excluding hydrogens is 320 g/mol. The zero-order chi connectivity index (χ0) is 11.1. The molecule has 0 saturated carbocycles. The molecule has 1 rings (SSSR count). The molecular formula is C12H16Br2O. The quantitative estimate of drug-likeness (QED) is 0.721.